The Labute approximate surface area is 117 Å². The number of benzene rings is 1. The molecule has 1 aliphatic heterocycles. The van der Waals surface area contributed by atoms with E-state index in [1.807, 2.05) is 0 Å². The second kappa shape index (κ2) is 5.54. The first-order valence-corrected chi connectivity index (χ1v) is 7.78. The molecule has 2 unspecified atom stereocenters. The molecule has 3 rings (SSSR count). The summed E-state index contributed by atoms with van der Waals surface area (Å²) in [6.45, 7) is 4.60. The summed E-state index contributed by atoms with van der Waals surface area (Å²) in [5.74, 6) is 0.905. The monoisotopic (exact) mass is 258 g/mol. The largest absolute Gasteiger partial charge is 0.384 e. The molecule has 2 heteroatoms. The zero-order valence-corrected chi connectivity index (χ0v) is 12.3. The molecule has 1 N–H and O–H groups in total. The van der Waals surface area contributed by atoms with Gasteiger partial charge >= 0.3 is 0 Å². The summed E-state index contributed by atoms with van der Waals surface area (Å²) >= 11 is 0. The first-order chi connectivity index (χ1) is 9.22. The highest BCUT2D eigenvalue weighted by Gasteiger charge is 2.22. The van der Waals surface area contributed by atoms with Crippen molar-refractivity contribution in [3.63, 3.8) is 0 Å². The summed E-state index contributed by atoms with van der Waals surface area (Å²) in [7, 11) is 2.30. The molecule has 2 atom stereocenters. The van der Waals surface area contributed by atoms with Crippen LogP contribution in [0.2, 0.25) is 0 Å². The lowest BCUT2D eigenvalue weighted by atomic mass is 9.86. The normalized spacial score (nSPS) is 26.3. The van der Waals surface area contributed by atoms with Crippen molar-refractivity contribution >= 4 is 5.69 Å². The SMILES string of the molecule is CC1CCCC(N(C)Cc2ccc3c(c2)NCC3)C1. The van der Waals surface area contributed by atoms with Crippen molar-refractivity contribution in [1.29, 1.82) is 0 Å². The van der Waals surface area contributed by atoms with E-state index >= 15 is 0 Å². The second-order valence-corrected chi connectivity index (χ2v) is 6.51. The molecule has 19 heavy (non-hydrogen) atoms. The van der Waals surface area contributed by atoms with Gasteiger partial charge in [0.1, 0.15) is 0 Å². The third-order valence-electron chi connectivity index (χ3n) is 4.85. The predicted molar refractivity (Wildman–Crippen MR) is 81.5 cm³/mol. The van der Waals surface area contributed by atoms with Gasteiger partial charge in [-0.2, -0.15) is 0 Å². The average Bonchev–Trinajstić information content (AvgIpc) is 2.86. The van der Waals surface area contributed by atoms with Crippen molar-refractivity contribution in [2.75, 3.05) is 18.9 Å². The number of hydrogen-bond donors (Lipinski definition) is 1. The predicted octanol–water partition coefficient (Wildman–Crippen LogP) is 3.67. The van der Waals surface area contributed by atoms with Crippen LogP contribution in [0.1, 0.15) is 43.7 Å². The van der Waals surface area contributed by atoms with Gasteiger partial charge in [-0.1, -0.05) is 31.9 Å². The Morgan fingerprint density at radius 2 is 2.21 bits per heavy atom. The maximum atomic E-state index is 3.48. The molecule has 1 aromatic rings. The highest BCUT2D eigenvalue weighted by molar-refractivity contribution is 5.57. The lowest BCUT2D eigenvalue weighted by molar-refractivity contribution is 0.158. The second-order valence-electron chi connectivity index (χ2n) is 6.51. The first-order valence-electron chi connectivity index (χ1n) is 7.78. The molecule has 0 radical (unpaired) electrons. The van der Waals surface area contributed by atoms with Crippen molar-refractivity contribution in [1.82, 2.24) is 4.90 Å². The summed E-state index contributed by atoms with van der Waals surface area (Å²) in [5.41, 5.74) is 4.30. The van der Waals surface area contributed by atoms with Crippen LogP contribution in [0.15, 0.2) is 18.2 Å². The van der Waals surface area contributed by atoms with Crippen LogP contribution in [0.4, 0.5) is 5.69 Å². The molecule has 0 saturated heterocycles. The molecule has 1 fully saturated rings. The van der Waals surface area contributed by atoms with Gasteiger partial charge in [-0.25, -0.2) is 0 Å². The molecular formula is C17H26N2. The van der Waals surface area contributed by atoms with Gasteiger partial charge in [0.15, 0.2) is 0 Å². The minimum Gasteiger partial charge on any atom is -0.384 e. The highest BCUT2D eigenvalue weighted by Crippen LogP contribution is 2.28. The van der Waals surface area contributed by atoms with Gasteiger partial charge in [0, 0.05) is 24.8 Å². The molecule has 0 aromatic heterocycles. The van der Waals surface area contributed by atoms with Crippen LogP contribution in [0.3, 0.4) is 0 Å². The average molecular weight is 258 g/mol. The van der Waals surface area contributed by atoms with Gasteiger partial charge in [-0.05, 0) is 49.4 Å². The zero-order chi connectivity index (χ0) is 13.2. The molecule has 1 aromatic carbocycles. The van der Waals surface area contributed by atoms with Crippen molar-refractivity contribution in [2.45, 2.75) is 51.6 Å². The van der Waals surface area contributed by atoms with Crippen LogP contribution in [0, 0.1) is 5.92 Å². The summed E-state index contributed by atoms with van der Waals surface area (Å²) in [5, 5.41) is 3.48. The van der Waals surface area contributed by atoms with Gasteiger partial charge in [0.05, 0.1) is 0 Å². The standard InChI is InChI=1S/C17H26N2/c1-13-4-3-5-16(10-13)19(2)12-14-6-7-15-8-9-18-17(15)11-14/h6-7,11,13,16,18H,3-5,8-10,12H2,1-2H3. The fraction of sp³-hybridized carbons (Fsp3) is 0.647. The van der Waals surface area contributed by atoms with Crippen LogP contribution in [-0.4, -0.2) is 24.5 Å². The highest BCUT2D eigenvalue weighted by atomic mass is 15.1. The van der Waals surface area contributed by atoms with Crippen LogP contribution in [0.5, 0.6) is 0 Å². The molecule has 0 spiro atoms. The number of hydrogen-bond acceptors (Lipinski definition) is 2. The number of nitrogens with zero attached hydrogens (tertiary/aromatic N) is 1. The summed E-state index contributed by atoms with van der Waals surface area (Å²) in [4.78, 5) is 2.56. The van der Waals surface area contributed by atoms with E-state index in [0.29, 0.717) is 0 Å². The maximum Gasteiger partial charge on any atom is 0.0376 e. The summed E-state index contributed by atoms with van der Waals surface area (Å²) in [6.07, 6.45) is 6.77. The first kappa shape index (κ1) is 13.0. The maximum absolute atomic E-state index is 3.48. The molecule has 1 heterocycles. The number of rotatable bonds is 3. The third-order valence-corrected chi connectivity index (χ3v) is 4.85. The van der Waals surface area contributed by atoms with E-state index in [4.69, 9.17) is 0 Å². The van der Waals surface area contributed by atoms with E-state index < -0.39 is 0 Å². The minimum absolute atomic E-state index is 0.782. The summed E-state index contributed by atoms with van der Waals surface area (Å²) < 4.78 is 0. The van der Waals surface area contributed by atoms with E-state index in [-0.39, 0.29) is 0 Å². The van der Waals surface area contributed by atoms with Gasteiger partial charge in [0.25, 0.3) is 0 Å². The van der Waals surface area contributed by atoms with Crippen LogP contribution in [0.25, 0.3) is 0 Å². The Bertz CT molecular complexity index is 441. The van der Waals surface area contributed by atoms with Crippen LogP contribution < -0.4 is 5.32 Å². The molecule has 0 bridgehead atoms. The van der Waals surface area contributed by atoms with E-state index in [1.54, 1.807) is 0 Å². The van der Waals surface area contributed by atoms with Gasteiger partial charge in [-0.15, -0.1) is 0 Å². The lowest BCUT2D eigenvalue weighted by Gasteiger charge is -2.34. The van der Waals surface area contributed by atoms with E-state index in [2.05, 4.69) is 42.4 Å². The number of fused-ring (bicyclic) bond motifs is 1. The van der Waals surface area contributed by atoms with Gasteiger partial charge in [0.2, 0.25) is 0 Å². The summed E-state index contributed by atoms with van der Waals surface area (Å²) in [6, 6.07) is 7.76. The lowest BCUT2D eigenvalue weighted by Crippen LogP contribution is -2.35. The fourth-order valence-corrected chi connectivity index (χ4v) is 3.66. The Balaban J connectivity index is 1.64. The van der Waals surface area contributed by atoms with Gasteiger partial charge < -0.3 is 5.32 Å². The third kappa shape index (κ3) is 2.94. The Hall–Kier alpha value is -1.02. The Kier molecular flexibility index (Phi) is 3.79. The van der Waals surface area contributed by atoms with Crippen molar-refractivity contribution in [3.05, 3.63) is 29.3 Å². The van der Waals surface area contributed by atoms with Crippen molar-refractivity contribution in [3.8, 4) is 0 Å². The molecular weight excluding hydrogens is 232 g/mol. The van der Waals surface area contributed by atoms with Crippen LogP contribution in [-0.2, 0) is 13.0 Å². The van der Waals surface area contributed by atoms with E-state index in [0.717, 1.165) is 25.0 Å². The molecule has 0 amide bonds. The fourth-order valence-electron chi connectivity index (χ4n) is 3.66. The van der Waals surface area contributed by atoms with Crippen molar-refractivity contribution < 1.29 is 0 Å². The zero-order valence-electron chi connectivity index (χ0n) is 12.3. The van der Waals surface area contributed by atoms with E-state index in [1.165, 1.54) is 48.9 Å². The van der Waals surface area contributed by atoms with Crippen LogP contribution >= 0.6 is 0 Å². The van der Waals surface area contributed by atoms with E-state index in [9.17, 15) is 0 Å². The van der Waals surface area contributed by atoms with Crippen molar-refractivity contribution in [2.24, 2.45) is 5.92 Å². The molecule has 2 aliphatic rings. The minimum atomic E-state index is 0.782. The molecule has 1 saturated carbocycles. The number of anilines is 1. The Morgan fingerprint density at radius 3 is 3.05 bits per heavy atom. The Morgan fingerprint density at radius 1 is 1.32 bits per heavy atom. The topological polar surface area (TPSA) is 15.3 Å². The van der Waals surface area contributed by atoms with Gasteiger partial charge in [-0.3, -0.25) is 4.90 Å². The molecule has 2 nitrogen and oxygen atoms in total. The quantitative estimate of drug-likeness (QED) is 0.890. The molecule has 104 valence electrons. The smallest absolute Gasteiger partial charge is 0.0376 e. The molecule has 1 aliphatic carbocycles. The number of nitrogens with one attached hydrogen (secondary N) is 1.